The molecule has 4 heteroatoms. The maximum atomic E-state index is 11.6. The van der Waals surface area contributed by atoms with Gasteiger partial charge in [0.05, 0.1) is 7.11 Å². The first-order valence-corrected chi connectivity index (χ1v) is 4.65. The quantitative estimate of drug-likeness (QED) is 0.485. The van der Waals surface area contributed by atoms with Crippen LogP contribution in [0.4, 0.5) is 0 Å². The number of methoxy groups -OCH3 is 1. The SMILES string of the molecule is CCC(CN(C)C)(C(C)=O)C(=O)OC. The summed E-state index contributed by atoms with van der Waals surface area (Å²) in [5, 5.41) is 0. The molecule has 14 heavy (non-hydrogen) atoms. The lowest BCUT2D eigenvalue weighted by atomic mass is 9.81. The third kappa shape index (κ3) is 2.54. The van der Waals surface area contributed by atoms with E-state index in [0.717, 1.165) is 0 Å². The molecule has 0 aromatic heterocycles. The van der Waals surface area contributed by atoms with Crippen molar-refractivity contribution >= 4 is 11.8 Å². The molecule has 0 heterocycles. The standard InChI is InChI=1S/C10H19NO3/c1-6-10(8(2)12,7-11(3)4)9(13)14-5/h6-7H2,1-5H3. The zero-order chi connectivity index (χ0) is 11.4. The summed E-state index contributed by atoms with van der Waals surface area (Å²) in [5.74, 6) is -0.582. The van der Waals surface area contributed by atoms with E-state index in [2.05, 4.69) is 4.74 Å². The van der Waals surface area contributed by atoms with Gasteiger partial charge in [-0.3, -0.25) is 9.59 Å². The lowest BCUT2D eigenvalue weighted by Gasteiger charge is -2.29. The zero-order valence-corrected chi connectivity index (χ0v) is 9.59. The molecule has 0 N–H and O–H groups in total. The van der Waals surface area contributed by atoms with Gasteiger partial charge >= 0.3 is 5.97 Å². The number of Topliss-reactive ketones (excluding diaryl/α,β-unsaturated/α-hetero) is 1. The Bertz CT molecular complexity index is 225. The minimum Gasteiger partial charge on any atom is -0.468 e. The predicted octanol–water partition coefficient (Wildman–Crippen LogP) is 0.706. The second-order valence-corrected chi connectivity index (χ2v) is 3.72. The molecule has 82 valence electrons. The normalized spacial score (nSPS) is 15.0. The predicted molar refractivity (Wildman–Crippen MR) is 54.0 cm³/mol. The number of carbonyl (C=O) groups is 2. The average Bonchev–Trinajstić information content (AvgIpc) is 2.12. The minimum absolute atomic E-state index is 0.138. The van der Waals surface area contributed by atoms with E-state index in [4.69, 9.17) is 0 Å². The van der Waals surface area contributed by atoms with Crippen molar-refractivity contribution in [2.75, 3.05) is 27.7 Å². The van der Waals surface area contributed by atoms with Crippen LogP contribution in [0.2, 0.25) is 0 Å². The summed E-state index contributed by atoms with van der Waals surface area (Å²) < 4.78 is 4.68. The van der Waals surface area contributed by atoms with Crippen LogP contribution in [-0.4, -0.2) is 44.4 Å². The number of hydrogen-bond acceptors (Lipinski definition) is 4. The second-order valence-electron chi connectivity index (χ2n) is 3.72. The van der Waals surface area contributed by atoms with Crippen LogP contribution < -0.4 is 0 Å². The fourth-order valence-corrected chi connectivity index (χ4v) is 1.56. The van der Waals surface area contributed by atoms with Crippen LogP contribution in [0.1, 0.15) is 20.3 Å². The van der Waals surface area contributed by atoms with Crippen molar-refractivity contribution in [1.29, 1.82) is 0 Å². The van der Waals surface area contributed by atoms with E-state index in [1.165, 1.54) is 14.0 Å². The number of rotatable bonds is 5. The van der Waals surface area contributed by atoms with Crippen molar-refractivity contribution < 1.29 is 14.3 Å². The molecule has 0 rings (SSSR count). The van der Waals surface area contributed by atoms with Gasteiger partial charge in [-0.25, -0.2) is 0 Å². The van der Waals surface area contributed by atoms with Gasteiger partial charge in [-0.05, 0) is 27.4 Å². The van der Waals surface area contributed by atoms with E-state index in [1.54, 1.807) is 0 Å². The molecule has 0 amide bonds. The summed E-state index contributed by atoms with van der Waals surface area (Å²) in [4.78, 5) is 24.9. The van der Waals surface area contributed by atoms with E-state index in [-0.39, 0.29) is 5.78 Å². The van der Waals surface area contributed by atoms with Gasteiger partial charge in [-0.2, -0.15) is 0 Å². The van der Waals surface area contributed by atoms with Crippen molar-refractivity contribution in [1.82, 2.24) is 4.90 Å². The number of esters is 1. The fraction of sp³-hybridized carbons (Fsp3) is 0.800. The number of nitrogens with zero attached hydrogens (tertiary/aromatic N) is 1. The van der Waals surface area contributed by atoms with Gasteiger partial charge in [0.25, 0.3) is 0 Å². The smallest absolute Gasteiger partial charge is 0.320 e. The van der Waals surface area contributed by atoms with Crippen molar-refractivity contribution in [3.8, 4) is 0 Å². The number of ether oxygens (including phenoxy) is 1. The molecule has 4 nitrogen and oxygen atoms in total. The Kier molecular flexibility index (Phi) is 4.77. The highest BCUT2D eigenvalue weighted by Gasteiger charge is 2.43. The van der Waals surface area contributed by atoms with Crippen LogP contribution >= 0.6 is 0 Å². The Morgan fingerprint density at radius 1 is 1.36 bits per heavy atom. The fourth-order valence-electron chi connectivity index (χ4n) is 1.56. The molecule has 0 aliphatic rings. The monoisotopic (exact) mass is 201 g/mol. The molecule has 0 saturated heterocycles. The van der Waals surface area contributed by atoms with Gasteiger partial charge in [0, 0.05) is 6.54 Å². The van der Waals surface area contributed by atoms with Crippen molar-refractivity contribution in [2.24, 2.45) is 5.41 Å². The van der Waals surface area contributed by atoms with Crippen molar-refractivity contribution in [3.05, 3.63) is 0 Å². The first-order valence-electron chi connectivity index (χ1n) is 4.65. The molecule has 0 aromatic carbocycles. The van der Waals surface area contributed by atoms with E-state index < -0.39 is 11.4 Å². The molecule has 0 radical (unpaired) electrons. The van der Waals surface area contributed by atoms with Crippen LogP contribution in [0.15, 0.2) is 0 Å². The number of hydrogen-bond donors (Lipinski definition) is 0. The summed E-state index contributed by atoms with van der Waals surface area (Å²) in [6, 6.07) is 0. The van der Waals surface area contributed by atoms with E-state index in [9.17, 15) is 9.59 Å². The Balaban J connectivity index is 4.98. The summed E-state index contributed by atoms with van der Waals surface area (Å²) in [6.07, 6.45) is 0.465. The van der Waals surface area contributed by atoms with E-state index in [1.807, 2.05) is 25.9 Å². The Morgan fingerprint density at radius 3 is 2.07 bits per heavy atom. The maximum absolute atomic E-state index is 11.6. The van der Waals surface area contributed by atoms with E-state index in [0.29, 0.717) is 13.0 Å². The van der Waals surface area contributed by atoms with Crippen LogP contribution in [0.25, 0.3) is 0 Å². The number of carbonyl (C=O) groups excluding carboxylic acids is 2. The molecule has 0 fully saturated rings. The highest BCUT2D eigenvalue weighted by atomic mass is 16.5. The first-order chi connectivity index (χ1) is 6.40. The lowest BCUT2D eigenvalue weighted by Crippen LogP contribution is -2.46. The van der Waals surface area contributed by atoms with Gasteiger partial charge < -0.3 is 9.64 Å². The Morgan fingerprint density at radius 2 is 1.86 bits per heavy atom. The number of ketones is 1. The first kappa shape index (κ1) is 13.1. The van der Waals surface area contributed by atoms with Crippen molar-refractivity contribution in [3.63, 3.8) is 0 Å². The summed E-state index contributed by atoms with van der Waals surface area (Å²) in [6.45, 7) is 3.65. The zero-order valence-electron chi connectivity index (χ0n) is 9.59. The molecule has 0 bridgehead atoms. The van der Waals surface area contributed by atoms with Gasteiger partial charge in [0.15, 0.2) is 0 Å². The van der Waals surface area contributed by atoms with Gasteiger partial charge in [0.1, 0.15) is 11.2 Å². The van der Waals surface area contributed by atoms with Gasteiger partial charge in [0.2, 0.25) is 0 Å². The van der Waals surface area contributed by atoms with E-state index >= 15 is 0 Å². The summed E-state index contributed by atoms with van der Waals surface area (Å²) in [5.41, 5.74) is -1.00. The highest BCUT2D eigenvalue weighted by Crippen LogP contribution is 2.25. The third-order valence-electron chi connectivity index (χ3n) is 2.44. The molecule has 1 atom stereocenters. The Hall–Kier alpha value is -0.900. The topological polar surface area (TPSA) is 46.6 Å². The minimum atomic E-state index is -1.00. The molecular weight excluding hydrogens is 182 g/mol. The molecule has 0 aliphatic carbocycles. The molecule has 0 spiro atoms. The van der Waals surface area contributed by atoms with Crippen LogP contribution in [0.3, 0.4) is 0 Å². The average molecular weight is 201 g/mol. The Labute approximate surface area is 85.2 Å². The second kappa shape index (κ2) is 5.10. The van der Waals surface area contributed by atoms with Crippen molar-refractivity contribution in [2.45, 2.75) is 20.3 Å². The van der Waals surface area contributed by atoms with Crippen LogP contribution in [0.5, 0.6) is 0 Å². The molecule has 0 aromatic rings. The maximum Gasteiger partial charge on any atom is 0.320 e. The molecule has 0 saturated carbocycles. The lowest BCUT2D eigenvalue weighted by molar-refractivity contribution is -0.158. The molecule has 1 unspecified atom stereocenters. The molecule has 0 aliphatic heterocycles. The summed E-state index contributed by atoms with van der Waals surface area (Å²) >= 11 is 0. The van der Waals surface area contributed by atoms with Crippen LogP contribution in [-0.2, 0) is 14.3 Å². The van der Waals surface area contributed by atoms with Crippen LogP contribution in [0, 0.1) is 5.41 Å². The summed E-state index contributed by atoms with van der Waals surface area (Å²) in [7, 11) is 4.97. The third-order valence-corrected chi connectivity index (χ3v) is 2.44. The van der Waals surface area contributed by atoms with Gasteiger partial charge in [-0.15, -0.1) is 0 Å². The molecular formula is C10H19NO3. The largest absolute Gasteiger partial charge is 0.468 e. The highest BCUT2D eigenvalue weighted by molar-refractivity contribution is 6.02. The van der Waals surface area contributed by atoms with Gasteiger partial charge in [-0.1, -0.05) is 6.92 Å².